The summed E-state index contributed by atoms with van der Waals surface area (Å²) in [7, 11) is 1.20. The summed E-state index contributed by atoms with van der Waals surface area (Å²) < 4.78 is 4.42. The van der Waals surface area contributed by atoms with Crippen molar-refractivity contribution in [2.75, 3.05) is 7.11 Å². The number of esters is 1. The maximum absolute atomic E-state index is 12.0. The van der Waals surface area contributed by atoms with E-state index in [9.17, 15) is 19.5 Å². The van der Waals surface area contributed by atoms with Crippen LogP contribution in [0.4, 0.5) is 0 Å². The van der Waals surface area contributed by atoms with E-state index in [1.54, 1.807) is 19.1 Å². The molecule has 114 valence electrons. The van der Waals surface area contributed by atoms with Crippen LogP contribution in [0.5, 0.6) is 5.75 Å². The molecule has 1 aromatic carbocycles. The number of amides is 1. The first-order valence-electron chi connectivity index (χ1n) is 6.26. The van der Waals surface area contributed by atoms with Crippen molar-refractivity contribution in [3.8, 4) is 5.75 Å². The van der Waals surface area contributed by atoms with Crippen LogP contribution in [0.2, 0.25) is 0 Å². The zero-order valence-corrected chi connectivity index (χ0v) is 11.8. The lowest BCUT2D eigenvalue weighted by Crippen LogP contribution is -2.41. The molecule has 0 saturated carbocycles. The quantitative estimate of drug-likeness (QED) is 0.670. The Bertz CT molecular complexity index is 554. The summed E-state index contributed by atoms with van der Waals surface area (Å²) in [5, 5.41) is 21.1. The van der Waals surface area contributed by atoms with Crippen molar-refractivity contribution in [1.82, 2.24) is 5.32 Å². The van der Waals surface area contributed by atoms with Crippen molar-refractivity contribution >= 4 is 17.8 Å². The zero-order valence-electron chi connectivity index (χ0n) is 11.8. The molecular weight excluding hydrogens is 278 g/mol. The van der Waals surface area contributed by atoms with Crippen LogP contribution in [0.15, 0.2) is 18.2 Å². The van der Waals surface area contributed by atoms with Crippen molar-refractivity contribution in [2.24, 2.45) is 0 Å². The number of ether oxygens (including phenoxy) is 1. The van der Waals surface area contributed by atoms with Gasteiger partial charge in [-0.3, -0.25) is 9.59 Å². The fourth-order valence-corrected chi connectivity index (χ4v) is 1.70. The first-order chi connectivity index (χ1) is 9.86. The van der Waals surface area contributed by atoms with Crippen LogP contribution in [0.3, 0.4) is 0 Å². The molecule has 3 N–H and O–H groups in total. The number of carbonyl (C=O) groups is 3. The molecule has 0 spiro atoms. The Hall–Kier alpha value is -2.57. The van der Waals surface area contributed by atoms with Crippen LogP contribution in [0.1, 0.15) is 28.8 Å². The van der Waals surface area contributed by atoms with Crippen molar-refractivity contribution in [2.45, 2.75) is 25.8 Å². The van der Waals surface area contributed by atoms with Gasteiger partial charge in [0.1, 0.15) is 11.8 Å². The molecule has 7 nitrogen and oxygen atoms in total. The lowest BCUT2D eigenvalue weighted by molar-refractivity contribution is -0.142. The Labute approximate surface area is 121 Å². The molecule has 0 aliphatic rings. The van der Waals surface area contributed by atoms with Gasteiger partial charge in [-0.25, -0.2) is 4.79 Å². The third-order valence-electron chi connectivity index (χ3n) is 2.95. The maximum atomic E-state index is 12.0. The van der Waals surface area contributed by atoms with E-state index in [0.717, 1.165) is 0 Å². The van der Waals surface area contributed by atoms with Gasteiger partial charge in [0.2, 0.25) is 0 Å². The molecule has 0 aliphatic heterocycles. The minimum atomic E-state index is -1.26. The number of para-hydroxylation sites is 1. The molecular formula is C14H17NO6. The molecule has 1 atom stereocenters. The maximum Gasteiger partial charge on any atom is 0.326 e. The summed E-state index contributed by atoms with van der Waals surface area (Å²) in [6.45, 7) is 1.62. The molecule has 0 heterocycles. The van der Waals surface area contributed by atoms with E-state index < -0.39 is 23.9 Å². The van der Waals surface area contributed by atoms with Gasteiger partial charge >= 0.3 is 11.9 Å². The van der Waals surface area contributed by atoms with Crippen LogP contribution < -0.4 is 5.32 Å². The summed E-state index contributed by atoms with van der Waals surface area (Å²) in [6, 6.07) is 3.35. The third-order valence-corrected chi connectivity index (χ3v) is 2.95. The predicted molar refractivity (Wildman–Crippen MR) is 73.0 cm³/mol. The molecule has 0 radical (unpaired) electrons. The number of rotatable bonds is 6. The number of hydrogen-bond donors (Lipinski definition) is 3. The Morgan fingerprint density at radius 3 is 2.57 bits per heavy atom. The Morgan fingerprint density at radius 1 is 1.33 bits per heavy atom. The number of carbonyl (C=O) groups excluding carboxylic acids is 2. The van der Waals surface area contributed by atoms with Gasteiger partial charge < -0.3 is 20.3 Å². The minimum Gasteiger partial charge on any atom is -0.507 e. The number of carboxylic acid groups (broad SMARTS) is 1. The topological polar surface area (TPSA) is 113 Å². The molecule has 1 rings (SSSR count). The number of nitrogens with one attached hydrogen (secondary N) is 1. The smallest absolute Gasteiger partial charge is 0.326 e. The van der Waals surface area contributed by atoms with Crippen molar-refractivity contribution in [1.29, 1.82) is 0 Å². The van der Waals surface area contributed by atoms with Crippen LogP contribution >= 0.6 is 0 Å². The molecule has 0 aromatic heterocycles. The van der Waals surface area contributed by atoms with Gasteiger partial charge in [0.25, 0.3) is 5.91 Å². The van der Waals surface area contributed by atoms with E-state index in [-0.39, 0.29) is 24.2 Å². The Balaban J connectivity index is 2.79. The normalized spacial score (nSPS) is 11.5. The number of methoxy groups -OCH3 is 1. The third kappa shape index (κ3) is 4.48. The standard InChI is InChI=1S/C14H17NO6/c1-8-4-3-5-9(12(8)17)13(18)15-10(14(19)20)6-7-11(16)21-2/h3-5,10,17H,6-7H2,1-2H3,(H,15,18)(H,19,20)/t10-/m0/s1. The molecule has 1 aromatic rings. The van der Waals surface area contributed by atoms with E-state index in [4.69, 9.17) is 5.11 Å². The highest BCUT2D eigenvalue weighted by molar-refractivity contribution is 5.99. The number of hydrogen-bond acceptors (Lipinski definition) is 5. The van der Waals surface area contributed by atoms with Crippen LogP contribution in [-0.4, -0.2) is 41.2 Å². The SMILES string of the molecule is COC(=O)CC[C@H](NC(=O)c1cccc(C)c1O)C(=O)O. The van der Waals surface area contributed by atoms with E-state index in [1.165, 1.54) is 13.2 Å². The summed E-state index contributed by atoms with van der Waals surface area (Å²) in [4.78, 5) is 34.1. The van der Waals surface area contributed by atoms with Crippen molar-refractivity contribution in [3.05, 3.63) is 29.3 Å². The van der Waals surface area contributed by atoms with Crippen LogP contribution in [0, 0.1) is 6.92 Å². The minimum absolute atomic E-state index is 0.0145. The number of carboxylic acids is 1. The second kappa shape index (κ2) is 7.28. The van der Waals surface area contributed by atoms with Gasteiger partial charge in [0.15, 0.2) is 0 Å². The van der Waals surface area contributed by atoms with Gasteiger partial charge in [-0.1, -0.05) is 12.1 Å². The number of aromatic hydroxyl groups is 1. The van der Waals surface area contributed by atoms with Crippen molar-refractivity contribution < 1.29 is 29.3 Å². The van der Waals surface area contributed by atoms with Gasteiger partial charge in [-0.2, -0.15) is 0 Å². The largest absolute Gasteiger partial charge is 0.507 e. The average molecular weight is 295 g/mol. The molecule has 1 amide bonds. The summed E-state index contributed by atoms with van der Waals surface area (Å²) in [5.41, 5.74) is 0.489. The summed E-state index contributed by atoms with van der Waals surface area (Å²) in [6.07, 6.45) is -0.228. The molecule has 0 saturated heterocycles. The highest BCUT2D eigenvalue weighted by atomic mass is 16.5. The average Bonchev–Trinajstić information content (AvgIpc) is 2.45. The summed E-state index contributed by atoms with van der Waals surface area (Å²) in [5.74, 6) is -2.74. The predicted octanol–water partition coefficient (Wildman–Crippen LogP) is 0.837. The fraction of sp³-hybridized carbons (Fsp3) is 0.357. The summed E-state index contributed by atoms with van der Waals surface area (Å²) >= 11 is 0. The number of aliphatic carboxylic acids is 1. The van der Waals surface area contributed by atoms with Gasteiger partial charge in [-0.05, 0) is 25.0 Å². The lowest BCUT2D eigenvalue weighted by atomic mass is 10.1. The number of phenolic OH excluding ortho intramolecular Hbond substituents is 1. The molecule has 0 bridgehead atoms. The molecule has 0 fully saturated rings. The number of aryl methyl sites for hydroxylation is 1. The first kappa shape index (κ1) is 16.5. The first-order valence-corrected chi connectivity index (χ1v) is 6.26. The second-order valence-corrected chi connectivity index (χ2v) is 4.45. The van der Waals surface area contributed by atoms with Gasteiger partial charge in [0.05, 0.1) is 12.7 Å². The molecule has 7 heteroatoms. The van der Waals surface area contributed by atoms with Crippen LogP contribution in [0.25, 0.3) is 0 Å². The Kier molecular flexibility index (Phi) is 5.71. The second-order valence-electron chi connectivity index (χ2n) is 4.45. The van der Waals surface area contributed by atoms with Gasteiger partial charge in [0, 0.05) is 6.42 Å². The van der Waals surface area contributed by atoms with E-state index in [1.807, 2.05) is 0 Å². The number of phenols is 1. The lowest BCUT2D eigenvalue weighted by Gasteiger charge is -2.15. The van der Waals surface area contributed by atoms with E-state index >= 15 is 0 Å². The monoisotopic (exact) mass is 295 g/mol. The highest BCUT2D eigenvalue weighted by Gasteiger charge is 2.23. The molecule has 21 heavy (non-hydrogen) atoms. The molecule has 0 aliphatic carbocycles. The van der Waals surface area contributed by atoms with Gasteiger partial charge in [-0.15, -0.1) is 0 Å². The fourth-order valence-electron chi connectivity index (χ4n) is 1.70. The number of benzene rings is 1. The Morgan fingerprint density at radius 2 is 2.00 bits per heavy atom. The van der Waals surface area contributed by atoms with E-state index in [0.29, 0.717) is 5.56 Å². The molecule has 0 unspecified atom stereocenters. The zero-order chi connectivity index (χ0) is 16.0. The highest BCUT2D eigenvalue weighted by Crippen LogP contribution is 2.21. The van der Waals surface area contributed by atoms with Crippen LogP contribution in [-0.2, 0) is 14.3 Å². The van der Waals surface area contributed by atoms with Crippen molar-refractivity contribution in [3.63, 3.8) is 0 Å². The van der Waals surface area contributed by atoms with E-state index in [2.05, 4.69) is 10.1 Å².